The van der Waals surface area contributed by atoms with E-state index in [1.807, 2.05) is 20.8 Å². The second kappa shape index (κ2) is 4.12. The Bertz CT molecular complexity index is 555. The lowest BCUT2D eigenvalue weighted by molar-refractivity contribution is 0.0696. The molecule has 0 bridgehead atoms. The number of benzene rings is 1. The number of hydrogen-bond acceptors (Lipinski definition) is 3. The van der Waals surface area contributed by atoms with Crippen LogP contribution in [0.2, 0.25) is 0 Å². The molecule has 3 N–H and O–H groups in total. The summed E-state index contributed by atoms with van der Waals surface area (Å²) in [5, 5.41) is 13.9. The van der Waals surface area contributed by atoms with Crippen LogP contribution < -0.4 is 5.14 Å². The predicted molar refractivity (Wildman–Crippen MR) is 63.5 cm³/mol. The maximum atomic E-state index is 11.5. The van der Waals surface area contributed by atoms with Crippen LogP contribution in [0, 0.1) is 0 Å². The highest BCUT2D eigenvalue weighted by molar-refractivity contribution is 7.89. The minimum Gasteiger partial charge on any atom is -0.478 e. The molecule has 0 fully saturated rings. The van der Waals surface area contributed by atoms with E-state index in [2.05, 4.69) is 0 Å². The number of nitrogens with two attached hydrogens (primary N) is 1. The summed E-state index contributed by atoms with van der Waals surface area (Å²) in [5.74, 6) is -1.18. The van der Waals surface area contributed by atoms with Crippen molar-refractivity contribution in [3.05, 3.63) is 29.3 Å². The highest BCUT2D eigenvalue weighted by Crippen LogP contribution is 2.29. The van der Waals surface area contributed by atoms with Gasteiger partial charge in [-0.15, -0.1) is 0 Å². The van der Waals surface area contributed by atoms with Crippen LogP contribution in [0.25, 0.3) is 0 Å². The summed E-state index contributed by atoms with van der Waals surface area (Å²) < 4.78 is 22.9. The van der Waals surface area contributed by atoms with Gasteiger partial charge in [0.15, 0.2) is 0 Å². The SMILES string of the molecule is CC(C)(C)c1ccc(C(=O)O)cc1S(N)(=O)=O. The second-order valence-corrected chi connectivity index (χ2v) is 6.34. The smallest absolute Gasteiger partial charge is 0.335 e. The summed E-state index contributed by atoms with van der Waals surface area (Å²) in [7, 11) is -3.94. The Labute approximate surface area is 100 Å². The lowest BCUT2D eigenvalue weighted by Gasteiger charge is -2.22. The van der Waals surface area contributed by atoms with E-state index in [1.54, 1.807) is 0 Å². The number of carboxylic acid groups (broad SMARTS) is 1. The molecule has 0 spiro atoms. The van der Waals surface area contributed by atoms with Gasteiger partial charge in [-0.2, -0.15) is 0 Å². The topological polar surface area (TPSA) is 97.5 Å². The molecule has 0 aromatic heterocycles. The molecule has 0 aliphatic heterocycles. The van der Waals surface area contributed by atoms with Gasteiger partial charge in [-0.3, -0.25) is 0 Å². The second-order valence-electron chi connectivity index (χ2n) is 4.81. The van der Waals surface area contributed by atoms with Crippen LogP contribution in [0.5, 0.6) is 0 Å². The Kier molecular flexibility index (Phi) is 3.31. The summed E-state index contributed by atoms with van der Waals surface area (Å²) in [6, 6.07) is 3.96. The van der Waals surface area contributed by atoms with Gasteiger partial charge in [0.05, 0.1) is 10.5 Å². The van der Waals surface area contributed by atoms with Crippen molar-refractivity contribution in [2.75, 3.05) is 0 Å². The van der Waals surface area contributed by atoms with E-state index in [4.69, 9.17) is 10.2 Å². The van der Waals surface area contributed by atoms with Gasteiger partial charge in [-0.25, -0.2) is 18.4 Å². The molecule has 1 aromatic carbocycles. The van der Waals surface area contributed by atoms with E-state index < -0.39 is 21.4 Å². The van der Waals surface area contributed by atoms with E-state index in [1.165, 1.54) is 12.1 Å². The third-order valence-electron chi connectivity index (χ3n) is 2.34. The summed E-state index contributed by atoms with van der Waals surface area (Å²) in [5.41, 5.74) is -0.0225. The van der Waals surface area contributed by atoms with Crippen molar-refractivity contribution in [2.24, 2.45) is 5.14 Å². The van der Waals surface area contributed by atoms with Crippen LogP contribution in [0.15, 0.2) is 23.1 Å². The lowest BCUT2D eigenvalue weighted by atomic mass is 9.86. The first kappa shape index (κ1) is 13.7. The number of carbonyl (C=O) groups is 1. The van der Waals surface area contributed by atoms with Crippen molar-refractivity contribution in [1.82, 2.24) is 0 Å². The average Bonchev–Trinajstić information content (AvgIpc) is 2.14. The fraction of sp³-hybridized carbons (Fsp3) is 0.364. The Balaban J connectivity index is 3.60. The van der Waals surface area contributed by atoms with E-state index in [9.17, 15) is 13.2 Å². The molecule has 6 heteroatoms. The first-order valence-corrected chi connectivity index (χ1v) is 6.49. The molecule has 0 atom stereocenters. The van der Waals surface area contributed by atoms with Crippen LogP contribution in [-0.2, 0) is 15.4 Å². The van der Waals surface area contributed by atoms with Gasteiger partial charge < -0.3 is 5.11 Å². The zero-order valence-corrected chi connectivity index (χ0v) is 10.7. The number of primary sulfonamides is 1. The van der Waals surface area contributed by atoms with Gasteiger partial charge in [0.2, 0.25) is 10.0 Å². The van der Waals surface area contributed by atoms with E-state index in [0.717, 1.165) is 6.07 Å². The molecule has 1 rings (SSSR count). The van der Waals surface area contributed by atoms with Crippen LogP contribution >= 0.6 is 0 Å². The predicted octanol–water partition coefficient (Wildman–Crippen LogP) is 1.33. The third-order valence-corrected chi connectivity index (χ3v) is 3.29. The Morgan fingerprint density at radius 3 is 2.18 bits per heavy atom. The van der Waals surface area contributed by atoms with Gasteiger partial charge >= 0.3 is 5.97 Å². The monoisotopic (exact) mass is 257 g/mol. The summed E-state index contributed by atoms with van der Waals surface area (Å²) in [6.07, 6.45) is 0. The highest BCUT2D eigenvalue weighted by atomic mass is 32.2. The van der Waals surface area contributed by atoms with Gasteiger partial charge in [-0.05, 0) is 23.1 Å². The molecule has 0 saturated heterocycles. The molecule has 0 radical (unpaired) electrons. The molecule has 0 saturated carbocycles. The van der Waals surface area contributed by atoms with Crippen molar-refractivity contribution in [1.29, 1.82) is 0 Å². The minimum absolute atomic E-state index is 0.0953. The molecule has 94 valence electrons. The van der Waals surface area contributed by atoms with Gasteiger partial charge in [0, 0.05) is 0 Å². The minimum atomic E-state index is -3.94. The van der Waals surface area contributed by atoms with Crippen molar-refractivity contribution in [2.45, 2.75) is 31.1 Å². The molecular weight excluding hydrogens is 242 g/mol. The van der Waals surface area contributed by atoms with Crippen molar-refractivity contribution < 1.29 is 18.3 Å². The van der Waals surface area contributed by atoms with E-state index in [0.29, 0.717) is 5.56 Å². The number of aromatic carboxylic acids is 1. The van der Waals surface area contributed by atoms with E-state index >= 15 is 0 Å². The molecule has 5 nitrogen and oxygen atoms in total. The van der Waals surface area contributed by atoms with E-state index in [-0.39, 0.29) is 10.5 Å². The van der Waals surface area contributed by atoms with Gasteiger partial charge in [0.25, 0.3) is 0 Å². The number of carboxylic acids is 1. The Morgan fingerprint density at radius 2 is 1.82 bits per heavy atom. The third kappa shape index (κ3) is 3.04. The zero-order chi connectivity index (χ0) is 13.4. The number of sulfonamides is 1. The maximum Gasteiger partial charge on any atom is 0.335 e. The molecular formula is C11H15NO4S. The largest absolute Gasteiger partial charge is 0.478 e. The fourth-order valence-corrected chi connectivity index (χ4v) is 2.48. The molecule has 0 heterocycles. The van der Waals surface area contributed by atoms with Crippen molar-refractivity contribution >= 4 is 16.0 Å². The lowest BCUT2D eigenvalue weighted by Crippen LogP contribution is -2.21. The van der Waals surface area contributed by atoms with Crippen molar-refractivity contribution in [3.63, 3.8) is 0 Å². The van der Waals surface area contributed by atoms with Crippen LogP contribution in [-0.4, -0.2) is 19.5 Å². The summed E-state index contributed by atoms with van der Waals surface area (Å²) in [4.78, 5) is 10.7. The first-order chi connectivity index (χ1) is 7.53. The zero-order valence-electron chi connectivity index (χ0n) is 9.89. The van der Waals surface area contributed by atoms with Gasteiger partial charge in [0.1, 0.15) is 0 Å². The Morgan fingerprint density at radius 1 is 1.29 bits per heavy atom. The van der Waals surface area contributed by atoms with Crippen LogP contribution in [0.4, 0.5) is 0 Å². The first-order valence-electron chi connectivity index (χ1n) is 4.94. The molecule has 17 heavy (non-hydrogen) atoms. The highest BCUT2D eigenvalue weighted by Gasteiger charge is 2.24. The standard InChI is InChI=1S/C11H15NO4S/c1-11(2,3)8-5-4-7(10(13)14)6-9(8)17(12,15)16/h4-6H,1-3H3,(H,13,14)(H2,12,15,16). The molecule has 0 aliphatic rings. The quantitative estimate of drug-likeness (QED) is 0.835. The Hall–Kier alpha value is -1.40. The summed E-state index contributed by atoms with van der Waals surface area (Å²) >= 11 is 0. The molecule has 0 aliphatic carbocycles. The normalized spacial score (nSPS) is 12.5. The fourth-order valence-electron chi connectivity index (χ4n) is 1.51. The average molecular weight is 257 g/mol. The molecule has 1 aromatic rings. The van der Waals surface area contributed by atoms with Crippen molar-refractivity contribution in [3.8, 4) is 0 Å². The number of hydrogen-bond donors (Lipinski definition) is 2. The van der Waals surface area contributed by atoms with Crippen LogP contribution in [0.3, 0.4) is 0 Å². The molecule has 0 amide bonds. The molecule has 0 unspecified atom stereocenters. The van der Waals surface area contributed by atoms with Gasteiger partial charge in [-0.1, -0.05) is 26.8 Å². The maximum absolute atomic E-state index is 11.5. The van der Waals surface area contributed by atoms with Crippen LogP contribution in [0.1, 0.15) is 36.7 Å². The number of rotatable bonds is 2. The summed E-state index contributed by atoms with van der Waals surface area (Å²) in [6.45, 7) is 5.49.